The van der Waals surface area contributed by atoms with Crippen LogP contribution in [0, 0.1) is 0 Å². The SMILES string of the molecule is CC/C=C\C/C=C\C/C=C\CCCCCCCC(=O)OC(COC(=O)CCCCCCC/C=C\C/C=C\CCC)COC(=O)CCCCCCCCCCCCCCCCCCCCCCCC. The molecule has 6 heteroatoms. The Balaban J connectivity index is 4.30. The summed E-state index contributed by atoms with van der Waals surface area (Å²) in [5.74, 6) is -0.904. The van der Waals surface area contributed by atoms with Gasteiger partial charge in [-0.2, -0.15) is 0 Å². The van der Waals surface area contributed by atoms with E-state index in [9.17, 15) is 14.4 Å². The first kappa shape index (κ1) is 65.1. The summed E-state index contributed by atoms with van der Waals surface area (Å²) in [6.45, 7) is 6.47. The van der Waals surface area contributed by atoms with Crippen molar-refractivity contribution in [2.24, 2.45) is 0 Å². The number of rotatable bonds is 53. The first-order valence-corrected chi connectivity index (χ1v) is 29.3. The van der Waals surface area contributed by atoms with Crippen LogP contribution in [0.1, 0.15) is 297 Å². The third-order valence-corrected chi connectivity index (χ3v) is 12.7. The maximum absolute atomic E-state index is 12.8. The van der Waals surface area contributed by atoms with Crippen molar-refractivity contribution in [3.05, 3.63) is 60.8 Å². The molecule has 0 aliphatic carbocycles. The molecule has 0 aromatic carbocycles. The van der Waals surface area contributed by atoms with Crippen molar-refractivity contribution in [2.45, 2.75) is 303 Å². The van der Waals surface area contributed by atoms with E-state index in [1.807, 2.05) is 0 Å². The molecule has 0 aromatic rings. The van der Waals surface area contributed by atoms with Crippen molar-refractivity contribution >= 4 is 17.9 Å². The lowest BCUT2D eigenvalue weighted by atomic mass is 10.0. The predicted octanol–water partition coefficient (Wildman–Crippen LogP) is 19.6. The van der Waals surface area contributed by atoms with E-state index in [1.165, 1.54) is 135 Å². The Kier molecular flexibility index (Phi) is 54.3. The molecule has 0 saturated carbocycles. The van der Waals surface area contributed by atoms with Gasteiger partial charge in [-0.25, -0.2) is 0 Å². The molecule has 0 aliphatic rings. The van der Waals surface area contributed by atoms with E-state index in [4.69, 9.17) is 14.2 Å². The number of unbranched alkanes of at least 4 members (excludes halogenated alkanes) is 32. The van der Waals surface area contributed by atoms with Crippen LogP contribution in [0.2, 0.25) is 0 Å². The fraction of sp³-hybridized carbons (Fsp3) is 0.790. The molecular formula is C62H110O6. The van der Waals surface area contributed by atoms with Crippen molar-refractivity contribution in [1.82, 2.24) is 0 Å². The van der Waals surface area contributed by atoms with Crippen molar-refractivity contribution in [1.29, 1.82) is 0 Å². The van der Waals surface area contributed by atoms with E-state index in [1.54, 1.807) is 0 Å². The van der Waals surface area contributed by atoms with E-state index < -0.39 is 6.10 Å². The summed E-state index contributed by atoms with van der Waals surface area (Å²) in [6.07, 6.45) is 70.8. The van der Waals surface area contributed by atoms with Gasteiger partial charge in [-0.1, -0.05) is 261 Å². The third-order valence-electron chi connectivity index (χ3n) is 12.7. The summed E-state index contributed by atoms with van der Waals surface area (Å²) in [5, 5.41) is 0. The number of ether oxygens (including phenoxy) is 3. The van der Waals surface area contributed by atoms with Crippen molar-refractivity contribution in [3.8, 4) is 0 Å². The lowest BCUT2D eigenvalue weighted by molar-refractivity contribution is -0.167. The quantitative estimate of drug-likeness (QED) is 0.0262. The molecule has 0 saturated heterocycles. The fourth-order valence-electron chi connectivity index (χ4n) is 8.38. The fourth-order valence-corrected chi connectivity index (χ4v) is 8.38. The van der Waals surface area contributed by atoms with Gasteiger partial charge in [0.1, 0.15) is 13.2 Å². The van der Waals surface area contributed by atoms with Gasteiger partial charge in [0.25, 0.3) is 0 Å². The maximum atomic E-state index is 12.8. The Morgan fingerprint density at radius 3 is 0.956 bits per heavy atom. The maximum Gasteiger partial charge on any atom is 0.306 e. The second-order valence-electron chi connectivity index (χ2n) is 19.5. The molecule has 0 bridgehead atoms. The van der Waals surface area contributed by atoms with Crippen LogP contribution in [0.15, 0.2) is 60.8 Å². The average molecular weight is 952 g/mol. The number of hydrogen-bond acceptors (Lipinski definition) is 6. The van der Waals surface area contributed by atoms with Crippen LogP contribution in [-0.4, -0.2) is 37.2 Å². The van der Waals surface area contributed by atoms with Gasteiger partial charge in [0, 0.05) is 19.3 Å². The van der Waals surface area contributed by atoms with Crippen LogP contribution in [0.4, 0.5) is 0 Å². The molecule has 0 heterocycles. The van der Waals surface area contributed by atoms with E-state index in [-0.39, 0.29) is 31.1 Å². The highest BCUT2D eigenvalue weighted by Crippen LogP contribution is 2.17. The van der Waals surface area contributed by atoms with E-state index in [0.29, 0.717) is 19.3 Å². The number of carbonyl (C=O) groups is 3. The molecule has 0 N–H and O–H groups in total. The second-order valence-corrected chi connectivity index (χ2v) is 19.5. The van der Waals surface area contributed by atoms with Gasteiger partial charge in [-0.05, 0) is 77.0 Å². The molecule has 68 heavy (non-hydrogen) atoms. The van der Waals surface area contributed by atoms with E-state index in [2.05, 4.69) is 81.5 Å². The zero-order chi connectivity index (χ0) is 49.3. The van der Waals surface area contributed by atoms with Gasteiger partial charge in [-0.3, -0.25) is 14.4 Å². The van der Waals surface area contributed by atoms with Gasteiger partial charge in [0.15, 0.2) is 6.10 Å². The number of hydrogen-bond donors (Lipinski definition) is 0. The van der Waals surface area contributed by atoms with Crippen LogP contribution in [-0.2, 0) is 28.6 Å². The summed E-state index contributed by atoms with van der Waals surface area (Å²) >= 11 is 0. The largest absolute Gasteiger partial charge is 0.462 e. The van der Waals surface area contributed by atoms with Crippen LogP contribution in [0.25, 0.3) is 0 Å². The van der Waals surface area contributed by atoms with Gasteiger partial charge in [0.2, 0.25) is 0 Å². The van der Waals surface area contributed by atoms with E-state index >= 15 is 0 Å². The molecule has 0 rings (SSSR count). The highest BCUT2D eigenvalue weighted by Gasteiger charge is 2.19. The minimum absolute atomic E-state index is 0.0835. The summed E-state index contributed by atoms with van der Waals surface area (Å²) in [7, 11) is 0. The molecule has 6 nitrogen and oxygen atoms in total. The van der Waals surface area contributed by atoms with Crippen LogP contribution >= 0.6 is 0 Å². The summed E-state index contributed by atoms with van der Waals surface area (Å²) in [5.41, 5.74) is 0. The van der Waals surface area contributed by atoms with Gasteiger partial charge in [-0.15, -0.1) is 0 Å². The Morgan fingerprint density at radius 2 is 0.603 bits per heavy atom. The lowest BCUT2D eigenvalue weighted by Gasteiger charge is -2.18. The van der Waals surface area contributed by atoms with Crippen LogP contribution in [0.3, 0.4) is 0 Å². The van der Waals surface area contributed by atoms with Crippen LogP contribution in [0.5, 0.6) is 0 Å². The first-order chi connectivity index (χ1) is 33.5. The molecule has 1 atom stereocenters. The smallest absolute Gasteiger partial charge is 0.306 e. The zero-order valence-electron chi connectivity index (χ0n) is 45.1. The van der Waals surface area contributed by atoms with Crippen molar-refractivity contribution < 1.29 is 28.6 Å². The van der Waals surface area contributed by atoms with Gasteiger partial charge >= 0.3 is 17.9 Å². The lowest BCUT2D eigenvalue weighted by Crippen LogP contribution is -2.30. The zero-order valence-corrected chi connectivity index (χ0v) is 45.1. The molecule has 0 fully saturated rings. The molecule has 0 spiro atoms. The van der Waals surface area contributed by atoms with Gasteiger partial charge < -0.3 is 14.2 Å². The Labute approximate surface area is 421 Å². The minimum atomic E-state index is -0.787. The predicted molar refractivity (Wildman–Crippen MR) is 293 cm³/mol. The molecule has 1 unspecified atom stereocenters. The highest BCUT2D eigenvalue weighted by atomic mass is 16.6. The number of allylic oxidation sites excluding steroid dienone is 10. The minimum Gasteiger partial charge on any atom is -0.462 e. The topological polar surface area (TPSA) is 78.9 Å². The summed E-state index contributed by atoms with van der Waals surface area (Å²) in [4.78, 5) is 38.1. The molecule has 0 radical (unpaired) electrons. The monoisotopic (exact) mass is 951 g/mol. The Hall–Kier alpha value is -2.89. The summed E-state index contributed by atoms with van der Waals surface area (Å²) in [6, 6.07) is 0. The Bertz CT molecular complexity index is 1230. The normalized spacial score (nSPS) is 12.5. The van der Waals surface area contributed by atoms with Crippen LogP contribution < -0.4 is 0 Å². The van der Waals surface area contributed by atoms with Gasteiger partial charge in [0.05, 0.1) is 0 Å². The molecule has 0 aliphatic heterocycles. The standard InChI is InChI=1S/C62H110O6/c1-4-7-10-13-16-19-22-25-27-28-29-30-31-32-33-35-37-40-43-46-49-52-55-61(64)67-58-59(57-66-60(63)54-51-48-45-42-39-36-24-21-18-15-12-9-6-3)68-62(65)56-53-50-47-44-41-38-34-26-23-20-17-14-11-8-5-2/h8,11-12,15,17,20-21,24,26,34,59H,4-7,9-10,13-14,16,18-19,22-23,25,27-33,35-58H2,1-3H3/b11-8-,15-12-,20-17-,24-21-,34-26-. The number of carbonyl (C=O) groups excluding carboxylic acids is 3. The van der Waals surface area contributed by atoms with E-state index in [0.717, 1.165) is 122 Å². The first-order valence-electron chi connectivity index (χ1n) is 29.3. The molecule has 0 amide bonds. The third kappa shape index (κ3) is 54.1. The number of esters is 3. The van der Waals surface area contributed by atoms with Crippen molar-refractivity contribution in [2.75, 3.05) is 13.2 Å². The molecule has 0 aromatic heterocycles. The second kappa shape index (κ2) is 56.7. The molecular weight excluding hydrogens is 841 g/mol. The average Bonchev–Trinajstić information content (AvgIpc) is 3.34. The molecule has 394 valence electrons. The highest BCUT2D eigenvalue weighted by molar-refractivity contribution is 5.71. The summed E-state index contributed by atoms with van der Waals surface area (Å²) < 4.78 is 16.8. The Morgan fingerprint density at radius 1 is 0.309 bits per heavy atom. The van der Waals surface area contributed by atoms with Crippen molar-refractivity contribution in [3.63, 3.8) is 0 Å².